The van der Waals surface area contributed by atoms with Crippen LogP contribution < -0.4 is 10.2 Å². The molecule has 1 N–H and O–H groups in total. The van der Waals surface area contributed by atoms with Crippen LogP contribution in [0.1, 0.15) is 42.0 Å². The summed E-state index contributed by atoms with van der Waals surface area (Å²) in [5.74, 6) is -0.201. The summed E-state index contributed by atoms with van der Waals surface area (Å²) < 4.78 is 16.3. The lowest BCUT2D eigenvalue weighted by atomic mass is 10.1. The predicted octanol–water partition coefficient (Wildman–Crippen LogP) is 1.58. The Bertz CT molecular complexity index is 731. The van der Waals surface area contributed by atoms with Gasteiger partial charge in [-0.2, -0.15) is 5.10 Å². The molecule has 2 aromatic heterocycles. The van der Waals surface area contributed by atoms with Crippen molar-refractivity contribution in [3.63, 3.8) is 0 Å². The van der Waals surface area contributed by atoms with Crippen molar-refractivity contribution >= 4 is 11.7 Å². The second kappa shape index (κ2) is 6.94. The van der Waals surface area contributed by atoms with Crippen LogP contribution >= 0.6 is 0 Å². The first-order chi connectivity index (χ1) is 11.6. The zero-order valence-corrected chi connectivity index (χ0v) is 13.9. The molecule has 3 rings (SSSR count). The van der Waals surface area contributed by atoms with Gasteiger partial charge in [0.2, 0.25) is 0 Å². The number of halogens is 1. The zero-order valence-electron chi connectivity index (χ0n) is 13.9. The number of anilines is 1. The molecule has 8 heteroatoms. The molecule has 3 heterocycles. The number of aryl methyl sites for hydroxylation is 1. The van der Waals surface area contributed by atoms with Crippen LogP contribution in [0.4, 0.5) is 10.2 Å². The van der Waals surface area contributed by atoms with Gasteiger partial charge in [-0.15, -0.1) is 0 Å². The van der Waals surface area contributed by atoms with Crippen LogP contribution in [-0.2, 0) is 6.42 Å². The molecule has 0 bridgehead atoms. The second-order valence-corrected chi connectivity index (χ2v) is 5.81. The first kappa shape index (κ1) is 16.4. The molecular formula is C16H21FN6O. The molecule has 1 aliphatic rings. The molecule has 0 aromatic carbocycles. The minimum absolute atomic E-state index is 0.0802. The Morgan fingerprint density at radius 3 is 3.04 bits per heavy atom. The van der Waals surface area contributed by atoms with Crippen LogP contribution in [0.25, 0.3) is 0 Å². The number of rotatable bonds is 4. The fourth-order valence-electron chi connectivity index (χ4n) is 3.02. The van der Waals surface area contributed by atoms with Crippen LogP contribution in [0.2, 0.25) is 0 Å². The fourth-order valence-corrected chi connectivity index (χ4v) is 3.02. The largest absolute Gasteiger partial charge is 0.354 e. The smallest absolute Gasteiger partial charge is 0.271 e. The molecule has 7 nitrogen and oxygen atoms in total. The monoisotopic (exact) mass is 332 g/mol. The summed E-state index contributed by atoms with van der Waals surface area (Å²) in [6.07, 6.45) is 5.59. The van der Waals surface area contributed by atoms with Crippen LogP contribution in [-0.4, -0.2) is 45.8 Å². The molecule has 1 aliphatic heterocycles. The first-order valence-electron chi connectivity index (χ1n) is 8.15. The van der Waals surface area contributed by atoms with Crippen molar-refractivity contribution < 1.29 is 9.18 Å². The minimum atomic E-state index is -0.341. The molecule has 2 aromatic rings. The Balaban J connectivity index is 1.80. The van der Waals surface area contributed by atoms with Crippen molar-refractivity contribution in [1.29, 1.82) is 0 Å². The SMILES string of the molecule is CCc1ncnc(N2CCCC(n3ccc(C(=O)NC)n3)C2)c1F. The second-order valence-electron chi connectivity index (χ2n) is 5.81. The maximum Gasteiger partial charge on any atom is 0.271 e. The van der Waals surface area contributed by atoms with Crippen molar-refractivity contribution in [3.05, 3.63) is 35.8 Å². The minimum Gasteiger partial charge on any atom is -0.354 e. The summed E-state index contributed by atoms with van der Waals surface area (Å²) in [7, 11) is 1.58. The number of aromatic nitrogens is 4. The number of amides is 1. The summed E-state index contributed by atoms with van der Waals surface area (Å²) >= 11 is 0. The quantitative estimate of drug-likeness (QED) is 0.920. The highest BCUT2D eigenvalue weighted by atomic mass is 19.1. The van der Waals surface area contributed by atoms with Gasteiger partial charge in [0.1, 0.15) is 12.0 Å². The van der Waals surface area contributed by atoms with Gasteiger partial charge in [-0.3, -0.25) is 9.48 Å². The Kier molecular flexibility index (Phi) is 4.73. The topological polar surface area (TPSA) is 75.9 Å². The molecule has 1 amide bonds. The molecule has 1 unspecified atom stereocenters. The van der Waals surface area contributed by atoms with Crippen molar-refractivity contribution in [2.45, 2.75) is 32.2 Å². The number of hydrogen-bond acceptors (Lipinski definition) is 5. The van der Waals surface area contributed by atoms with Crippen LogP contribution in [0.5, 0.6) is 0 Å². The summed E-state index contributed by atoms with van der Waals surface area (Å²) in [5.41, 5.74) is 0.819. The highest BCUT2D eigenvalue weighted by Crippen LogP contribution is 2.27. The van der Waals surface area contributed by atoms with Gasteiger partial charge in [-0.1, -0.05) is 6.92 Å². The van der Waals surface area contributed by atoms with E-state index in [-0.39, 0.29) is 17.8 Å². The van der Waals surface area contributed by atoms with Gasteiger partial charge in [0, 0.05) is 26.3 Å². The summed E-state index contributed by atoms with van der Waals surface area (Å²) in [6, 6.07) is 1.77. The van der Waals surface area contributed by atoms with Gasteiger partial charge < -0.3 is 10.2 Å². The molecule has 24 heavy (non-hydrogen) atoms. The van der Waals surface area contributed by atoms with Crippen molar-refractivity contribution in [2.75, 3.05) is 25.0 Å². The average Bonchev–Trinajstić information content (AvgIpc) is 3.11. The van der Waals surface area contributed by atoms with Crippen LogP contribution in [0, 0.1) is 5.82 Å². The molecule has 1 fully saturated rings. The third-order valence-electron chi connectivity index (χ3n) is 4.32. The van der Waals surface area contributed by atoms with Gasteiger partial charge in [-0.25, -0.2) is 14.4 Å². The normalized spacial score (nSPS) is 17.8. The summed E-state index contributed by atoms with van der Waals surface area (Å²) in [5, 5.41) is 6.90. The van der Waals surface area contributed by atoms with E-state index in [1.165, 1.54) is 6.33 Å². The molecule has 1 saturated heterocycles. The molecular weight excluding hydrogens is 311 g/mol. The first-order valence-corrected chi connectivity index (χ1v) is 8.15. The van der Waals surface area contributed by atoms with Crippen LogP contribution in [0.15, 0.2) is 18.6 Å². The third-order valence-corrected chi connectivity index (χ3v) is 4.32. The standard InChI is InChI=1S/C16H21FN6O/c1-3-12-14(17)15(20-10-19-12)22-7-4-5-11(9-22)23-8-6-13(21-23)16(24)18-2/h6,8,10-11H,3-5,7,9H2,1-2H3,(H,18,24). The molecule has 128 valence electrons. The van der Waals surface area contributed by atoms with Crippen molar-refractivity contribution in [2.24, 2.45) is 0 Å². The Morgan fingerprint density at radius 1 is 1.46 bits per heavy atom. The van der Waals surface area contributed by atoms with Gasteiger partial charge in [-0.05, 0) is 25.3 Å². The van der Waals surface area contributed by atoms with E-state index in [0.29, 0.717) is 30.2 Å². The van der Waals surface area contributed by atoms with Gasteiger partial charge >= 0.3 is 0 Å². The maximum atomic E-state index is 14.5. The summed E-state index contributed by atoms with van der Waals surface area (Å²) in [4.78, 5) is 21.7. The average molecular weight is 332 g/mol. The van der Waals surface area contributed by atoms with E-state index in [9.17, 15) is 9.18 Å². The van der Waals surface area contributed by atoms with E-state index < -0.39 is 0 Å². The van der Waals surface area contributed by atoms with E-state index in [2.05, 4.69) is 20.4 Å². The number of carbonyl (C=O) groups excluding carboxylic acids is 1. The van der Waals surface area contributed by atoms with Gasteiger partial charge in [0.15, 0.2) is 11.6 Å². The molecule has 0 spiro atoms. The Labute approximate surface area is 139 Å². The van der Waals surface area contributed by atoms with Crippen LogP contribution in [0.3, 0.4) is 0 Å². The molecule has 0 saturated carbocycles. The van der Waals surface area contributed by atoms with E-state index in [4.69, 9.17) is 0 Å². The lowest BCUT2D eigenvalue weighted by Crippen LogP contribution is -2.38. The lowest BCUT2D eigenvalue weighted by Gasteiger charge is -2.33. The number of nitrogens with zero attached hydrogens (tertiary/aromatic N) is 5. The third kappa shape index (κ3) is 3.08. The van der Waals surface area contributed by atoms with Crippen molar-refractivity contribution in [1.82, 2.24) is 25.1 Å². The number of piperidine rings is 1. The predicted molar refractivity (Wildman–Crippen MR) is 87.5 cm³/mol. The zero-order chi connectivity index (χ0) is 17.1. The molecule has 1 atom stereocenters. The fraction of sp³-hybridized carbons (Fsp3) is 0.500. The van der Waals surface area contributed by atoms with E-state index in [0.717, 1.165) is 19.4 Å². The number of nitrogens with one attached hydrogen (secondary N) is 1. The van der Waals surface area contributed by atoms with Gasteiger partial charge in [0.25, 0.3) is 5.91 Å². The molecule has 0 aliphatic carbocycles. The lowest BCUT2D eigenvalue weighted by molar-refractivity contribution is 0.0957. The van der Waals surface area contributed by atoms with Gasteiger partial charge in [0.05, 0.1) is 11.7 Å². The van der Waals surface area contributed by atoms with E-state index in [1.807, 2.05) is 11.8 Å². The Morgan fingerprint density at radius 2 is 2.29 bits per heavy atom. The summed E-state index contributed by atoms with van der Waals surface area (Å²) in [6.45, 7) is 3.22. The maximum absolute atomic E-state index is 14.5. The van der Waals surface area contributed by atoms with E-state index in [1.54, 1.807) is 24.0 Å². The van der Waals surface area contributed by atoms with Crippen molar-refractivity contribution in [3.8, 4) is 0 Å². The van der Waals surface area contributed by atoms with E-state index >= 15 is 0 Å². The highest BCUT2D eigenvalue weighted by Gasteiger charge is 2.26. The highest BCUT2D eigenvalue weighted by molar-refractivity contribution is 5.91. The molecule has 0 radical (unpaired) electrons. The number of hydrogen-bond donors (Lipinski definition) is 1. The Hall–Kier alpha value is -2.51. The number of carbonyl (C=O) groups is 1.